The van der Waals surface area contributed by atoms with Crippen LogP contribution in [0.1, 0.15) is 38.0 Å². The molecular formula is C19H20O6. The van der Waals surface area contributed by atoms with Crippen molar-refractivity contribution in [2.75, 3.05) is 13.7 Å². The highest BCUT2D eigenvalue weighted by atomic mass is 16.6. The normalized spacial score (nSPS) is 15.1. The first-order chi connectivity index (χ1) is 12.0. The number of ether oxygens (including phenoxy) is 3. The molecule has 0 N–H and O–H groups in total. The van der Waals surface area contributed by atoms with Crippen molar-refractivity contribution < 1.29 is 28.2 Å². The fraction of sp³-hybridized carbons (Fsp3) is 0.368. The molecule has 0 bridgehead atoms. The average Bonchev–Trinajstić information content (AvgIpc) is 2.92. The molecule has 1 aromatic heterocycles. The third-order valence-corrected chi connectivity index (χ3v) is 4.05. The lowest BCUT2D eigenvalue weighted by atomic mass is 9.90. The predicted octanol–water partition coefficient (Wildman–Crippen LogP) is 3.65. The first-order valence-electron chi connectivity index (χ1n) is 8.23. The van der Waals surface area contributed by atoms with Crippen LogP contribution in [0, 0.1) is 0 Å². The van der Waals surface area contributed by atoms with Gasteiger partial charge in [0.15, 0.2) is 11.5 Å². The molecule has 0 saturated heterocycles. The molecule has 0 amide bonds. The van der Waals surface area contributed by atoms with E-state index < -0.39 is 5.97 Å². The Balaban J connectivity index is 2.15. The molecule has 132 valence electrons. The highest BCUT2D eigenvalue weighted by Crippen LogP contribution is 2.42. The van der Waals surface area contributed by atoms with Crippen LogP contribution in [0.25, 0.3) is 16.5 Å². The van der Waals surface area contributed by atoms with Crippen LogP contribution in [0.2, 0.25) is 0 Å². The first-order valence-corrected chi connectivity index (χ1v) is 8.23. The fourth-order valence-electron chi connectivity index (χ4n) is 3.11. The Hall–Kier alpha value is -2.76. The van der Waals surface area contributed by atoms with Crippen LogP contribution in [0.3, 0.4) is 0 Å². The van der Waals surface area contributed by atoms with Crippen molar-refractivity contribution in [3.05, 3.63) is 29.5 Å². The summed E-state index contributed by atoms with van der Waals surface area (Å²) in [6.07, 6.45) is 3.96. The van der Waals surface area contributed by atoms with Gasteiger partial charge in [0.1, 0.15) is 11.3 Å². The number of aryl methyl sites for hydroxylation is 1. The van der Waals surface area contributed by atoms with Gasteiger partial charge in [0, 0.05) is 36.4 Å². The van der Waals surface area contributed by atoms with Crippen molar-refractivity contribution >= 4 is 28.5 Å². The zero-order valence-corrected chi connectivity index (χ0v) is 14.5. The summed E-state index contributed by atoms with van der Waals surface area (Å²) in [6.45, 7) is 3.43. The molecule has 6 heteroatoms. The number of rotatable bonds is 4. The van der Waals surface area contributed by atoms with Crippen molar-refractivity contribution in [2.24, 2.45) is 0 Å². The minimum absolute atomic E-state index is 0.326. The Morgan fingerprint density at radius 3 is 2.72 bits per heavy atom. The van der Waals surface area contributed by atoms with Crippen LogP contribution < -0.4 is 9.47 Å². The highest BCUT2D eigenvalue weighted by molar-refractivity contribution is 6.00. The van der Waals surface area contributed by atoms with Crippen LogP contribution in [-0.2, 0) is 20.7 Å². The number of methoxy groups -OCH3 is 1. The summed E-state index contributed by atoms with van der Waals surface area (Å²) in [5.41, 5.74) is 2.39. The molecule has 0 spiro atoms. The minimum Gasteiger partial charge on any atom is -0.493 e. The third kappa shape index (κ3) is 3.38. The number of furan rings is 1. The van der Waals surface area contributed by atoms with Gasteiger partial charge < -0.3 is 18.6 Å². The van der Waals surface area contributed by atoms with E-state index in [1.165, 1.54) is 20.1 Å². The molecule has 2 aromatic rings. The summed E-state index contributed by atoms with van der Waals surface area (Å²) in [4.78, 5) is 23.2. The van der Waals surface area contributed by atoms with Crippen molar-refractivity contribution in [1.29, 1.82) is 0 Å². The van der Waals surface area contributed by atoms with Gasteiger partial charge in [-0.3, -0.25) is 4.79 Å². The molecule has 0 radical (unpaired) electrons. The molecule has 0 unspecified atom stereocenters. The summed E-state index contributed by atoms with van der Waals surface area (Å²) in [7, 11) is 1.50. The summed E-state index contributed by atoms with van der Waals surface area (Å²) in [6, 6.07) is 3.43. The van der Waals surface area contributed by atoms with Gasteiger partial charge in [0.2, 0.25) is 0 Å². The number of carbonyl (C=O) groups excluding carboxylic acids is 2. The van der Waals surface area contributed by atoms with Crippen LogP contribution in [0.15, 0.2) is 22.6 Å². The van der Waals surface area contributed by atoms with Gasteiger partial charge in [-0.05, 0) is 31.4 Å². The molecule has 1 aliphatic rings. The van der Waals surface area contributed by atoms with Crippen molar-refractivity contribution in [2.45, 2.75) is 33.1 Å². The molecule has 0 atom stereocenters. The van der Waals surface area contributed by atoms with Gasteiger partial charge in [0.25, 0.3) is 0 Å². The second-order valence-electron chi connectivity index (χ2n) is 5.77. The molecule has 1 aliphatic carbocycles. The number of hydrogen-bond acceptors (Lipinski definition) is 6. The van der Waals surface area contributed by atoms with E-state index in [-0.39, 0.29) is 5.97 Å². The second-order valence-corrected chi connectivity index (χ2v) is 5.77. The van der Waals surface area contributed by atoms with E-state index in [4.69, 9.17) is 18.6 Å². The Bertz CT molecular complexity index is 858. The van der Waals surface area contributed by atoms with Gasteiger partial charge in [-0.1, -0.05) is 0 Å². The third-order valence-electron chi connectivity index (χ3n) is 4.05. The van der Waals surface area contributed by atoms with Gasteiger partial charge in [-0.25, -0.2) is 4.79 Å². The molecule has 1 aromatic carbocycles. The van der Waals surface area contributed by atoms with Crippen LogP contribution in [0.5, 0.6) is 11.5 Å². The molecule has 25 heavy (non-hydrogen) atoms. The maximum atomic E-state index is 11.9. The summed E-state index contributed by atoms with van der Waals surface area (Å²) < 4.78 is 21.5. The lowest BCUT2D eigenvalue weighted by Crippen LogP contribution is -2.05. The van der Waals surface area contributed by atoms with E-state index in [0.717, 1.165) is 41.5 Å². The lowest BCUT2D eigenvalue weighted by molar-refractivity contribution is -0.137. The number of hydrogen-bond donors (Lipinski definition) is 0. The summed E-state index contributed by atoms with van der Waals surface area (Å²) in [5.74, 6) is 0.765. The molecule has 0 saturated carbocycles. The SMILES string of the molecule is CCOC(=O)/C=C1/CCCc2oc3cc(OC)c(OC(C)=O)cc3c21. The van der Waals surface area contributed by atoms with Crippen LogP contribution >= 0.6 is 0 Å². The van der Waals surface area contributed by atoms with Crippen molar-refractivity contribution in [3.63, 3.8) is 0 Å². The summed E-state index contributed by atoms with van der Waals surface area (Å²) >= 11 is 0. The van der Waals surface area contributed by atoms with Gasteiger partial charge in [0.05, 0.1) is 13.7 Å². The maximum Gasteiger partial charge on any atom is 0.331 e. The minimum atomic E-state index is -0.433. The number of esters is 2. The number of carbonyl (C=O) groups is 2. The smallest absolute Gasteiger partial charge is 0.331 e. The highest BCUT2D eigenvalue weighted by Gasteiger charge is 2.24. The van der Waals surface area contributed by atoms with Gasteiger partial charge >= 0.3 is 11.9 Å². The fourth-order valence-corrected chi connectivity index (χ4v) is 3.11. The van der Waals surface area contributed by atoms with E-state index in [1.54, 1.807) is 19.1 Å². The predicted molar refractivity (Wildman–Crippen MR) is 91.6 cm³/mol. The molecule has 6 nitrogen and oxygen atoms in total. The maximum absolute atomic E-state index is 11.9. The van der Waals surface area contributed by atoms with Gasteiger partial charge in [-0.2, -0.15) is 0 Å². The van der Waals surface area contributed by atoms with Crippen molar-refractivity contribution in [1.82, 2.24) is 0 Å². The Morgan fingerprint density at radius 2 is 2.04 bits per heavy atom. The van der Waals surface area contributed by atoms with E-state index in [9.17, 15) is 9.59 Å². The standard InChI is InChI=1S/C19H20O6/c1-4-23-18(21)8-12-6-5-7-14-19(12)13-9-17(24-11(2)20)16(22-3)10-15(13)25-14/h8-10H,4-7H2,1-3H3/b12-8-. The van der Waals surface area contributed by atoms with E-state index in [0.29, 0.717) is 23.7 Å². The van der Waals surface area contributed by atoms with E-state index in [2.05, 4.69) is 0 Å². The van der Waals surface area contributed by atoms with E-state index in [1.807, 2.05) is 0 Å². The first kappa shape index (κ1) is 17.1. The van der Waals surface area contributed by atoms with Crippen LogP contribution in [-0.4, -0.2) is 25.7 Å². The Labute approximate surface area is 145 Å². The van der Waals surface area contributed by atoms with Gasteiger partial charge in [-0.15, -0.1) is 0 Å². The lowest BCUT2D eigenvalue weighted by Gasteiger charge is -2.14. The number of benzene rings is 1. The molecule has 0 fully saturated rings. The Morgan fingerprint density at radius 1 is 1.24 bits per heavy atom. The van der Waals surface area contributed by atoms with Crippen LogP contribution in [0.4, 0.5) is 0 Å². The zero-order chi connectivity index (χ0) is 18.0. The molecular weight excluding hydrogens is 324 g/mol. The monoisotopic (exact) mass is 344 g/mol. The van der Waals surface area contributed by atoms with E-state index >= 15 is 0 Å². The number of allylic oxidation sites excluding steroid dienone is 1. The average molecular weight is 344 g/mol. The topological polar surface area (TPSA) is 75.0 Å². The number of fused-ring (bicyclic) bond motifs is 3. The molecule has 1 heterocycles. The molecule has 0 aliphatic heterocycles. The summed E-state index contributed by atoms with van der Waals surface area (Å²) in [5, 5.41) is 0.794. The van der Waals surface area contributed by atoms with Crippen molar-refractivity contribution in [3.8, 4) is 11.5 Å². The largest absolute Gasteiger partial charge is 0.493 e. The Kier molecular flexibility index (Phi) is 4.79. The zero-order valence-electron chi connectivity index (χ0n) is 14.5. The second kappa shape index (κ2) is 7.01. The quantitative estimate of drug-likeness (QED) is 0.479. The molecule has 3 rings (SSSR count).